The molecule has 6 heteroatoms. The van der Waals surface area contributed by atoms with Gasteiger partial charge in [-0.25, -0.2) is 4.98 Å². The SMILES string of the molecule is CC(=O)c1sc(NC(=O)COc2c(C)cccc2C)nc1-c1ccccc1. The molecule has 1 amide bonds. The number of hydrogen-bond donors (Lipinski definition) is 1. The minimum Gasteiger partial charge on any atom is -0.483 e. The Kier molecular flexibility index (Phi) is 5.66. The standard InChI is InChI=1S/C21H20N2O3S/c1-13-8-7-9-14(2)19(13)26-12-17(25)22-21-23-18(20(27-21)15(3)24)16-10-5-4-6-11-16/h4-11H,12H2,1-3H3,(H,22,23,25). The maximum atomic E-state index is 12.3. The Balaban J connectivity index is 1.74. The fourth-order valence-electron chi connectivity index (χ4n) is 2.72. The van der Waals surface area contributed by atoms with Gasteiger partial charge in [-0.05, 0) is 25.0 Å². The second kappa shape index (κ2) is 8.14. The molecule has 0 aliphatic rings. The zero-order chi connectivity index (χ0) is 19.4. The zero-order valence-corrected chi connectivity index (χ0v) is 16.2. The number of anilines is 1. The summed E-state index contributed by atoms with van der Waals surface area (Å²) in [4.78, 5) is 29.2. The van der Waals surface area contributed by atoms with Crippen molar-refractivity contribution in [2.45, 2.75) is 20.8 Å². The van der Waals surface area contributed by atoms with E-state index in [9.17, 15) is 9.59 Å². The maximum Gasteiger partial charge on any atom is 0.264 e. The molecule has 1 aromatic heterocycles. The molecule has 0 saturated carbocycles. The van der Waals surface area contributed by atoms with Crippen molar-refractivity contribution >= 4 is 28.2 Å². The van der Waals surface area contributed by atoms with E-state index in [0.717, 1.165) is 16.7 Å². The van der Waals surface area contributed by atoms with Crippen LogP contribution in [0.4, 0.5) is 5.13 Å². The number of carbonyl (C=O) groups excluding carboxylic acids is 2. The number of Topliss-reactive ketones (excluding diaryl/α,β-unsaturated/α-hetero) is 1. The van der Waals surface area contributed by atoms with Crippen LogP contribution >= 0.6 is 11.3 Å². The van der Waals surface area contributed by atoms with E-state index in [-0.39, 0.29) is 18.3 Å². The van der Waals surface area contributed by atoms with Crippen LogP contribution in [0.25, 0.3) is 11.3 Å². The number of nitrogens with zero attached hydrogens (tertiary/aromatic N) is 1. The molecule has 0 saturated heterocycles. The Bertz CT molecular complexity index is 960. The molecule has 0 aliphatic carbocycles. The lowest BCUT2D eigenvalue weighted by Crippen LogP contribution is -2.20. The van der Waals surface area contributed by atoms with Crippen LogP contribution in [0.1, 0.15) is 27.7 Å². The largest absolute Gasteiger partial charge is 0.483 e. The lowest BCUT2D eigenvalue weighted by Gasteiger charge is -2.11. The van der Waals surface area contributed by atoms with Crippen LogP contribution in [0.3, 0.4) is 0 Å². The predicted molar refractivity (Wildman–Crippen MR) is 108 cm³/mol. The summed E-state index contributed by atoms with van der Waals surface area (Å²) < 4.78 is 5.67. The maximum absolute atomic E-state index is 12.3. The van der Waals surface area contributed by atoms with Crippen LogP contribution in [0.15, 0.2) is 48.5 Å². The monoisotopic (exact) mass is 380 g/mol. The van der Waals surface area contributed by atoms with Gasteiger partial charge in [0.15, 0.2) is 17.5 Å². The van der Waals surface area contributed by atoms with Gasteiger partial charge < -0.3 is 4.74 Å². The third-order valence-electron chi connectivity index (χ3n) is 4.00. The highest BCUT2D eigenvalue weighted by Gasteiger charge is 2.18. The average Bonchev–Trinajstić information content (AvgIpc) is 3.06. The topological polar surface area (TPSA) is 68.3 Å². The first-order valence-electron chi connectivity index (χ1n) is 8.51. The normalized spacial score (nSPS) is 10.5. The van der Waals surface area contributed by atoms with Crippen LogP contribution in [0.5, 0.6) is 5.75 Å². The number of ketones is 1. The van der Waals surface area contributed by atoms with Crippen molar-refractivity contribution in [1.29, 1.82) is 0 Å². The predicted octanol–water partition coefficient (Wildman–Crippen LogP) is 4.65. The van der Waals surface area contributed by atoms with Crippen molar-refractivity contribution in [2.75, 3.05) is 11.9 Å². The van der Waals surface area contributed by atoms with Crippen LogP contribution in [-0.2, 0) is 4.79 Å². The first-order chi connectivity index (χ1) is 13.0. The molecule has 0 fully saturated rings. The summed E-state index contributed by atoms with van der Waals surface area (Å²) in [7, 11) is 0. The van der Waals surface area contributed by atoms with Crippen molar-refractivity contribution in [1.82, 2.24) is 4.98 Å². The van der Waals surface area contributed by atoms with Crippen molar-refractivity contribution in [3.05, 3.63) is 64.5 Å². The van der Waals surface area contributed by atoms with Gasteiger partial charge in [0.1, 0.15) is 5.75 Å². The van der Waals surface area contributed by atoms with Crippen LogP contribution in [0, 0.1) is 13.8 Å². The second-order valence-electron chi connectivity index (χ2n) is 6.18. The van der Waals surface area contributed by atoms with Gasteiger partial charge in [-0.15, -0.1) is 0 Å². The second-order valence-corrected chi connectivity index (χ2v) is 7.18. The molecule has 0 spiro atoms. The summed E-state index contributed by atoms with van der Waals surface area (Å²) in [6.07, 6.45) is 0. The van der Waals surface area contributed by atoms with Gasteiger partial charge in [-0.2, -0.15) is 0 Å². The molecule has 0 atom stereocenters. The highest BCUT2D eigenvalue weighted by Crippen LogP contribution is 2.31. The number of benzene rings is 2. The van der Waals surface area contributed by atoms with E-state index in [4.69, 9.17) is 4.74 Å². The summed E-state index contributed by atoms with van der Waals surface area (Å²) >= 11 is 1.17. The van der Waals surface area contributed by atoms with E-state index in [0.29, 0.717) is 21.5 Å². The first-order valence-corrected chi connectivity index (χ1v) is 9.33. The molecule has 3 rings (SSSR count). The highest BCUT2D eigenvalue weighted by molar-refractivity contribution is 7.18. The molecular formula is C21H20N2O3S. The number of amides is 1. The van der Waals surface area contributed by atoms with Gasteiger partial charge in [0.05, 0.1) is 10.6 Å². The van der Waals surface area contributed by atoms with E-state index in [1.54, 1.807) is 0 Å². The number of ether oxygens (including phenoxy) is 1. The van der Waals surface area contributed by atoms with Crippen LogP contribution in [0.2, 0.25) is 0 Å². The number of nitrogens with one attached hydrogen (secondary N) is 1. The molecule has 1 N–H and O–H groups in total. The van der Waals surface area contributed by atoms with E-state index < -0.39 is 0 Å². The van der Waals surface area contributed by atoms with Gasteiger partial charge in [-0.3, -0.25) is 14.9 Å². The average molecular weight is 380 g/mol. The summed E-state index contributed by atoms with van der Waals surface area (Å²) in [6.45, 7) is 5.25. The van der Waals surface area contributed by atoms with Crippen molar-refractivity contribution in [3.8, 4) is 17.0 Å². The molecule has 27 heavy (non-hydrogen) atoms. The number of hydrogen-bond acceptors (Lipinski definition) is 5. The molecule has 0 aliphatic heterocycles. The number of carbonyl (C=O) groups is 2. The minimum atomic E-state index is -0.318. The van der Waals surface area contributed by atoms with Crippen LogP contribution in [-0.4, -0.2) is 23.3 Å². The van der Waals surface area contributed by atoms with Gasteiger partial charge in [0.25, 0.3) is 5.91 Å². The number of thiazole rings is 1. The van der Waals surface area contributed by atoms with E-state index >= 15 is 0 Å². The Labute approximate surface area is 162 Å². The van der Waals surface area contributed by atoms with Gasteiger partial charge in [0.2, 0.25) is 0 Å². The minimum absolute atomic E-state index is 0.0846. The third-order valence-corrected chi connectivity index (χ3v) is 5.07. The molecule has 0 unspecified atom stereocenters. The van der Waals surface area contributed by atoms with E-state index in [2.05, 4.69) is 10.3 Å². The fourth-order valence-corrected chi connectivity index (χ4v) is 3.62. The van der Waals surface area contributed by atoms with Crippen LogP contribution < -0.4 is 10.1 Å². The number of aromatic nitrogens is 1. The number of aryl methyl sites for hydroxylation is 2. The Hall–Kier alpha value is -2.99. The molecule has 3 aromatic rings. The number of rotatable bonds is 6. The third kappa shape index (κ3) is 4.41. The highest BCUT2D eigenvalue weighted by atomic mass is 32.1. The molecule has 5 nitrogen and oxygen atoms in total. The van der Waals surface area contributed by atoms with E-state index in [1.807, 2.05) is 62.4 Å². The summed E-state index contributed by atoms with van der Waals surface area (Å²) in [5, 5.41) is 3.11. The molecule has 0 bridgehead atoms. The quantitative estimate of drug-likeness (QED) is 0.632. The van der Waals surface area contributed by atoms with Crippen molar-refractivity contribution < 1.29 is 14.3 Å². The van der Waals surface area contributed by atoms with Crippen molar-refractivity contribution in [3.63, 3.8) is 0 Å². The fraction of sp³-hybridized carbons (Fsp3) is 0.190. The summed E-state index contributed by atoms with van der Waals surface area (Å²) in [5.41, 5.74) is 3.37. The lowest BCUT2D eigenvalue weighted by atomic mass is 10.1. The zero-order valence-electron chi connectivity index (χ0n) is 15.4. The van der Waals surface area contributed by atoms with Crippen molar-refractivity contribution in [2.24, 2.45) is 0 Å². The molecule has 138 valence electrons. The smallest absolute Gasteiger partial charge is 0.264 e. The van der Waals surface area contributed by atoms with Gasteiger partial charge in [-0.1, -0.05) is 59.9 Å². The molecule has 0 radical (unpaired) electrons. The Morgan fingerprint density at radius 1 is 1.04 bits per heavy atom. The number of para-hydroxylation sites is 1. The van der Waals surface area contributed by atoms with E-state index in [1.165, 1.54) is 18.3 Å². The Morgan fingerprint density at radius 2 is 1.70 bits per heavy atom. The lowest BCUT2D eigenvalue weighted by molar-refractivity contribution is -0.118. The summed E-state index contributed by atoms with van der Waals surface area (Å²) in [6, 6.07) is 15.3. The first kappa shape index (κ1) is 18.8. The molecule has 1 heterocycles. The van der Waals surface area contributed by atoms with Gasteiger partial charge in [0, 0.05) is 12.5 Å². The Morgan fingerprint density at radius 3 is 2.33 bits per heavy atom. The molecular weight excluding hydrogens is 360 g/mol. The van der Waals surface area contributed by atoms with Gasteiger partial charge >= 0.3 is 0 Å². The molecule has 2 aromatic carbocycles. The summed E-state index contributed by atoms with van der Waals surface area (Å²) in [5.74, 6) is 0.306.